The van der Waals surface area contributed by atoms with Crippen molar-refractivity contribution in [2.75, 3.05) is 38.0 Å². The maximum atomic E-state index is 12.0. The number of nitro benzene ring substituents is 1. The summed E-state index contributed by atoms with van der Waals surface area (Å²) in [5.41, 5.74) is 0.533. The van der Waals surface area contributed by atoms with Gasteiger partial charge in [0.2, 0.25) is 5.91 Å². The van der Waals surface area contributed by atoms with Crippen molar-refractivity contribution in [3.05, 3.63) is 34.4 Å². The van der Waals surface area contributed by atoms with Crippen molar-refractivity contribution >= 4 is 34.6 Å². The van der Waals surface area contributed by atoms with Crippen molar-refractivity contribution in [2.45, 2.75) is 26.3 Å². The van der Waals surface area contributed by atoms with Crippen LogP contribution in [0.4, 0.5) is 11.4 Å². The van der Waals surface area contributed by atoms with Crippen molar-refractivity contribution in [3.63, 3.8) is 0 Å². The van der Waals surface area contributed by atoms with E-state index in [2.05, 4.69) is 15.5 Å². The number of hydrogen-bond acceptors (Lipinski definition) is 5. The zero-order valence-electron chi connectivity index (χ0n) is 15.3. The number of benzene rings is 1. The number of nitrogens with one attached hydrogen (secondary N) is 2. The molecule has 1 amide bonds. The standard InChI is InChI=1S/C17H25N5O3S/c1-17(2,3)19-15(23)12-20-8-10-21(11-9-20)16(26)18-13-4-6-14(7-5-13)22(24)25/h4-7H,8-12H2,1-3H3,(H,18,26)(H,19,23). The lowest BCUT2D eigenvalue weighted by Crippen LogP contribution is -2.53. The van der Waals surface area contributed by atoms with E-state index in [0.29, 0.717) is 17.3 Å². The number of non-ortho nitro benzene ring substituents is 1. The second-order valence-electron chi connectivity index (χ2n) is 7.30. The van der Waals surface area contributed by atoms with E-state index in [-0.39, 0.29) is 17.1 Å². The minimum Gasteiger partial charge on any atom is -0.350 e. The lowest BCUT2D eigenvalue weighted by Gasteiger charge is -2.36. The van der Waals surface area contributed by atoms with Crippen molar-refractivity contribution in [2.24, 2.45) is 0 Å². The molecule has 0 spiro atoms. The van der Waals surface area contributed by atoms with Crippen LogP contribution in [-0.2, 0) is 4.79 Å². The summed E-state index contributed by atoms with van der Waals surface area (Å²) in [5, 5.41) is 17.3. The third kappa shape index (κ3) is 6.23. The molecule has 1 heterocycles. The fraction of sp³-hybridized carbons (Fsp3) is 0.529. The Kier molecular flexibility index (Phi) is 6.49. The fourth-order valence-corrected chi connectivity index (χ4v) is 2.94. The van der Waals surface area contributed by atoms with E-state index in [4.69, 9.17) is 12.2 Å². The number of rotatable bonds is 4. The number of thiocarbonyl (C=S) groups is 1. The second-order valence-corrected chi connectivity index (χ2v) is 7.68. The van der Waals surface area contributed by atoms with Crippen LogP contribution < -0.4 is 10.6 Å². The highest BCUT2D eigenvalue weighted by atomic mass is 32.1. The highest BCUT2D eigenvalue weighted by molar-refractivity contribution is 7.80. The van der Waals surface area contributed by atoms with Gasteiger partial charge in [-0.15, -0.1) is 0 Å². The van der Waals surface area contributed by atoms with Gasteiger partial charge in [-0.1, -0.05) is 0 Å². The molecule has 0 aromatic heterocycles. The predicted octanol–water partition coefficient (Wildman–Crippen LogP) is 1.82. The summed E-state index contributed by atoms with van der Waals surface area (Å²) in [7, 11) is 0. The Labute approximate surface area is 158 Å². The van der Waals surface area contributed by atoms with E-state index in [0.717, 1.165) is 26.2 Å². The molecule has 0 atom stereocenters. The average Bonchev–Trinajstić information content (AvgIpc) is 2.54. The molecule has 2 N–H and O–H groups in total. The van der Waals surface area contributed by atoms with Gasteiger partial charge in [0.05, 0.1) is 11.5 Å². The summed E-state index contributed by atoms with van der Waals surface area (Å²) >= 11 is 5.42. The van der Waals surface area contributed by atoms with Crippen LogP contribution in [-0.4, -0.2) is 64.0 Å². The number of piperazine rings is 1. The summed E-state index contributed by atoms with van der Waals surface area (Å²) < 4.78 is 0. The van der Waals surface area contributed by atoms with Crippen LogP contribution in [0.1, 0.15) is 20.8 Å². The molecule has 26 heavy (non-hydrogen) atoms. The van der Waals surface area contributed by atoms with Crippen LogP contribution in [0.3, 0.4) is 0 Å². The van der Waals surface area contributed by atoms with E-state index < -0.39 is 4.92 Å². The van der Waals surface area contributed by atoms with Crippen molar-refractivity contribution < 1.29 is 9.72 Å². The van der Waals surface area contributed by atoms with E-state index in [1.54, 1.807) is 12.1 Å². The lowest BCUT2D eigenvalue weighted by atomic mass is 10.1. The first-order valence-corrected chi connectivity index (χ1v) is 8.88. The normalized spacial score (nSPS) is 15.4. The van der Waals surface area contributed by atoms with Gasteiger partial charge in [0.25, 0.3) is 5.69 Å². The van der Waals surface area contributed by atoms with Gasteiger partial charge in [0, 0.05) is 49.5 Å². The Bertz CT molecular complexity index is 664. The number of nitro groups is 1. The minimum atomic E-state index is -0.433. The Morgan fingerprint density at radius 3 is 2.27 bits per heavy atom. The van der Waals surface area contributed by atoms with Crippen LogP contribution in [0.15, 0.2) is 24.3 Å². The predicted molar refractivity (Wildman–Crippen MR) is 105 cm³/mol. The Hall–Kier alpha value is -2.26. The van der Waals surface area contributed by atoms with Crippen LogP contribution in [0.5, 0.6) is 0 Å². The zero-order chi connectivity index (χ0) is 19.3. The second kappa shape index (κ2) is 8.41. The first-order chi connectivity index (χ1) is 12.1. The summed E-state index contributed by atoms with van der Waals surface area (Å²) in [4.78, 5) is 26.4. The average molecular weight is 379 g/mol. The van der Waals surface area contributed by atoms with E-state index >= 15 is 0 Å². The summed E-state index contributed by atoms with van der Waals surface area (Å²) in [6.45, 7) is 9.22. The van der Waals surface area contributed by atoms with Crippen LogP contribution >= 0.6 is 12.2 Å². The molecule has 8 nitrogen and oxygen atoms in total. The first-order valence-electron chi connectivity index (χ1n) is 8.48. The zero-order valence-corrected chi connectivity index (χ0v) is 16.1. The number of hydrogen-bond donors (Lipinski definition) is 2. The largest absolute Gasteiger partial charge is 0.350 e. The first kappa shape index (κ1) is 20.1. The molecule has 1 aliphatic rings. The number of carbonyl (C=O) groups is 1. The van der Waals surface area contributed by atoms with Gasteiger partial charge in [-0.25, -0.2) is 0 Å². The molecule has 2 rings (SSSR count). The lowest BCUT2D eigenvalue weighted by molar-refractivity contribution is -0.384. The van der Waals surface area contributed by atoms with Gasteiger partial charge in [0.1, 0.15) is 0 Å². The maximum absolute atomic E-state index is 12.0. The number of carbonyl (C=O) groups excluding carboxylic acids is 1. The SMILES string of the molecule is CC(C)(C)NC(=O)CN1CCN(C(=S)Nc2ccc([N+](=O)[O-])cc2)CC1. The van der Waals surface area contributed by atoms with Gasteiger partial charge < -0.3 is 15.5 Å². The van der Waals surface area contributed by atoms with Crippen molar-refractivity contribution in [1.82, 2.24) is 15.1 Å². The number of anilines is 1. The molecule has 1 aliphatic heterocycles. The van der Waals surface area contributed by atoms with Gasteiger partial charge in [-0.2, -0.15) is 0 Å². The third-order valence-electron chi connectivity index (χ3n) is 3.87. The monoisotopic (exact) mass is 379 g/mol. The molecule has 0 aliphatic carbocycles. The highest BCUT2D eigenvalue weighted by Crippen LogP contribution is 2.16. The molecule has 0 bridgehead atoms. The Balaban J connectivity index is 1.79. The molecule has 0 unspecified atom stereocenters. The molecule has 0 saturated carbocycles. The Morgan fingerprint density at radius 1 is 1.19 bits per heavy atom. The molecule has 1 saturated heterocycles. The van der Waals surface area contributed by atoms with Crippen LogP contribution in [0.2, 0.25) is 0 Å². The molecule has 1 aromatic rings. The number of amides is 1. The van der Waals surface area contributed by atoms with Crippen molar-refractivity contribution in [3.8, 4) is 0 Å². The fourth-order valence-electron chi connectivity index (χ4n) is 2.64. The van der Waals surface area contributed by atoms with Crippen molar-refractivity contribution in [1.29, 1.82) is 0 Å². The van der Waals surface area contributed by atoms with Gasteiger partial charge >= 0.3 is 0 Å². The summed E-state index contributed by atoms with van der Waals surface area (Å²) in [6, 6.07) is 6.16. The minimum absolute atomic E-state index is 0.0255. The maximum Gasteiger partial charge on any atom is 0.269 e. The van der Waals surface area contributed by atoms with E-state index in [9.17, 15) is 14.9 Å². The van der Waals surface area contributed by atoms with Crippen LogP contribution in [0, 0.1) is 10.1 Å². The number of nitrogens with zero attached hydrogens (tertiary/aromatic N) is 3. The molecule has 0 radical (unpaired) electrons. The molecule has 1 aromatic carbocycles. The summed E-state index contributed by atoms with van der Waals surface area (Å²) in [6.07, 6.45) is 0. The molecular formula is C17H25N5O3S. The topological polar surface area (TPSA) is 90.8 Å². The van der Waals surface area contributed by atoms with Crippen LogP contribution in [0.25, 0.3) is 0 Å². The van der Waals surface area contributed by atoms with Gasteiger partial charge in [-0.3, -0.25) is 19.8 Å². The van der Waals surface area contributed by atoms with E-state index in [1.807, 2.05) is 25.7 Å². The summed E-state index contributed by atoms with van der Waals surface area (Å²) in [5.74, 6) is 0.0255. The smallest absolute Gasteiger partial charge is 0.269 e. The molecular weight excluding hydrogens is 354 g/mol. The third-order valence-corrected chi connectivity index (χ3v) is 4.23. The van der Waals surface area contributed by atoms with Gasteiger partial charge in [0.15, 0.2) is 5.11 Å². The van der Waals surface area contributed by atoms with Gasteiger partial charge in [-0.05, 0) is 45.1 Å². The quantitative estimate of drug-likeness (QED) is 0.468. The molecule has 1 fully saturated rings. The van der Waals surface area contributed by atoms with E-state index in [1.165, 1.54) is 12.1 Å². The molecule has 9 heteroatoms. The molecule has 142 valence electrons. The highest BCUT2D eigenvalue weighted by Gasteiger charge is 2.22. The Morgan fingerprint density at radius 2 is 1.77 bits per heavy atom.